The van der Waals surface area contributed by atoms with Crippen molar-refractivity contribution in [2.24, 2.45) is 0 Å². The van der Waals surface area contributed by atoms with E-state index < -0.39 is 178 Å². The number of ether oxygens (including phenoxy) is 10. The fraction of sp³-hybridized carbons (Fsp3) is 0.521. The van der Waals surface area contributed by atoms with Crippen molar-refractivity contribution >= 4 is 18.1 Å². The zero-order chi connectivity index (χ0) is 55.0. The van der Waals surface area contributed by atoms with E-state index in [0.717, 1.165) is 30.3 Å². The third-order valence-electron chi connectivity index (χ3n) is 13.1. The minimum Gasteiger partial charge on any atom is -0.508 e. The lowest BCUT2D eigenvalue weighted by Crippen LogP contribution is -2.61. The Morgan fingerprint density at radius 2 is 1.12 bits per heavy atom. The summed E-state index contributed by atoms with van der Waals surface area (Å²) in [4.78, 5) is 12.9. The number of esters is 1. The van der Waals surface area contributed by atoms with Gasteiger partial charge in [-0.1, -0.05) is 12.1 Å². The van der Waals surface area contributed by atoms with Crippen LogP contribution in [0.2, 0.25) is 0 Å². The third kappa shape index (κ3) is 11.7. The second kappa shape index (κ2) is 23.5. The predicted octanol–water partition coefficient (Wildman–Crippen LogP) is -4.73. The SMILES string of the molecule is C[C@@H]1O[C@@H](OC[C@H]2O[C@@H](OC3=Cc4c(cc(O)cc4O[C@@H]4O[C@H](CO)[C@@H](O)[C@H](O)[C@@H]4O)OC3c3cc(O)c(O)c(O)c3)[C@H](O)[C@@H](O)[C@@H]2O)[C@@H](O)[C@H](O)[C@H]1OC(=O)/C=C/c1ccc(O[C@@H]2O[C@@H](CO)[C@@H](O)[C@H](O)[C@@H]2O)cc1. The Morgan fingerprint density at radius 1 is 0.592 bits per heavy atom. The van der Waals surface area contributed by atoms with Crippen molar-refractivity contribution in [2.45, 2.75) is 136 Å². The van der Waals surface area contributed by atoms with Gasteiger partial charge in [-0.05, 0) is 48.9 Å². The van der Waals surface area contributed by atoms with E-state index in [2.05, 4.69) is 0 Å². The van der Waals surface area contributed by atoms with E-state index in [0.29, 0.717) is 5.56 Å². The van der Waals surface area contributed by atoms with Crippen molar-refractivity contribution in [3.8, 4) is 40.2 Å². The molecule has 0 amide bonds. The maximum atomic E-state index is 12.9. The van der Waals surface area contributed by atoms with Gasteiger partial charge in [-0.15, -0.1) is 0 Å². The number of aliphatic hydroxyl groups excluding tert-OH is 13. The van der Waals surface area contributed by atoms with Crippen LogP contribution in [0.4, 0.5) is 0 Å². The van der Waals surface area contributed by atoms with Crippen molar-refractivity contribution in [3.63, 3.8) is 0 Å². The first-order chi connectivity index (χ1) is 36.1. The fourth-order valence-electron chi connectivity index (χ4n) is 8.80. The first-order valence-electron chi connectivity index (χ1n) is 23.5. The van der Waals surface area contributed by atoms with Crippen LogP contribution in [-0.4, -0.2) is 235 Å². The highest BCUT2D eigenvalue weighted by Crippen LogP contribution is 2.48. The molecule has 1 unspecified atom stereocenters. The summed E-state index contributed by atoms with van der Waals surface area (Å²) in [5.41, 5.74) is 0.229. The summed E-state index contributed by atoms with van der Waals surface area (Å²) in [6.45, 7) is -0.797. The minimum atomic E-state index is -2.05. The van der Waals surface area contributed by atoms with Crippen LogP contribution >= 0.6 is 0 Å². The molecule has 4 fully saturated rings. The summed E-state index contributed by atoms with van der Waals surface area (Å²) in [5, 5.41) is 178. The molecule has 3 aromatic rings. The topological polar surface area (TPSA) is 453 Å². The summed E-state index contributed by atoms with van der Waals surface area (Å²) in [6.07, 6.45) is -31.8. The molecule has 76 heavy (non-hydrogen) atoms. The van der Waals surface area contributed by atoms with Crippen LogP contribution in [0.15, 0.2) is 60.4 Å². The quantitative estimate of drug-likeness (QED) is 0.0386. The number of hydrogen-bond acceptors (Lipinski definition) is 28. The van der Waals surface area contributed by atoms with Gasteiger partial charge in [0, 0.05) is 23.8 Å². The second-order valence-electron chi connectivity index (χ2n) is 18.4. The molecule has 5 aliphatic heterocycles. The van der Waals surface area contributed by atoms with Gasteiger partial charge >= 0.3 is 5.97 Å². The Kier molecular flexibility index (Phi) is 17.5. The van der Waals surface area contributed by atoms with Gasteiger partial charge in [0.05, 0.1) is 31.5 Å². The zero-order valence-electron chi connectivity index (χ0n) is 39.7. The summed E-state index contributed by atoms with van der Waals surface area (Å²) >= 11 is 0. The highest BCUT2D eigenvalue weighted by molar-refractivity contribution is 5.87. The first-order valence-corrected chi connectivity index (χ1v) is 23.5. The molecule has 17 N–H and O–H groups in total. The van der Waals surface area contributed by atoms with Gasteiger partial charge in [0.25, 0.3) is 0 Å². The van der Waals surface area contributed by atoms with Gasteiger partial charge in [-0.3, -0.25) is 0 Å². The molecule has 28 nitrogen and oxygen atoms in total. The fourth-order valence-corrected chi connectivity index (χ4v) is 8.80. The Morgan fingerprint density at radius 3 is 1.70 bits per heavy atom. The van der Waals surface area contributed by atoms with Crippen LogP contribution < -0.4 is 14.2 Å². The molecule has 28 heteroatoms. The molecular weight excluding hydrogens is 1020 g/mol. The van der Waals surface area contributed by atoms with Crippen molar-refractivity contribution in [1.82, 2.24) is 0 Å². The molecule has 5 aliphatic rings. The van der Waals surface area contributed by atoms with E-state index in [4.69, 9.17) is 47.4 Å². The number of carbonyl (C=O) groups excluding carboxylic acids is 1. The number of phenols is 4. The molecule has 0 spiro atoms. The van der Waals surface area contributed by atoms with Crippen LogP contribution in [0.3, 0.4) is 0 Å². The standard InChI is InChI=1S/C48H58O28/c1-16-43(76-30(54)7-4-17-2-5-20(6-3-17)69-46-39(63)35(59)32(56)27(13-49)73-46)38(62)42(66)45(68-16)67-15-29-34(58)37(61)41(65)48(75-29)72-26-12-21-24(70-44(26)18-8-22(52)31(55)23(53)9-18)10-19(51)11-25(21)71-47-40(64)36(60)33(57)28(14-50)74-47/h2-12,16,27-29,32-53,55-66H,13-15H2,1H3/b7-4+/t16-,27-,28+,29+,32+,33+,34+,35-,36-,37-,38-,39-,40-,41+,42-,43-,44?,45+,46+,47+,48+/m0/s1. The number of aliphatic hydroxyl groups is 13. The van der Waals surface area contributed by atoms with E-state index in [-0.39, 0.29) is 34.1 Å². The number of rotatable bonds is 15. The highest BCUT2D eigenvalue weighted by atomic mass is 16.7. The number of carbonyl (C=O) groups is 1. The summed E-state index contributed by atoms with van der Waals surface area (Å²) < 4.78 is 57.1. The van der Waals surface area contributed by atoms with Crippen LogP contribution in [0.5, 0.6) is 40.2 Å². The van der Waals surface area contributed by atoms with Crippen molar-refractivity contribution in [3.05, 3.63) is 77.1 Å². The highest BCUT2D eigenvalue weighted by Gasteiger charge is 2.50. The molecule has 0 aliphatic carbocycles. The molecule has 21 atom stereocenters. The molecule has 8 rings (SSSR count). The van der Waals surface area contributed by atoms with E-state index in [1.807, 2.05) is 0 Å². The van der Waals surface area contributed by atoms with Crippen molar-refractivity contribution < 1.29 is 139 Å². The normalized spacial score (nSPS) is 37.6. The maximum Gasteiger partial charge on any atom is 0.331 e. The summed E-state index contributed by atoms with van der Waals surface area (Å²) in [6, 6.07) is 9.94. The molecule has 0 radical (unpaired) electrons. The lowest BCUT2D eigenvalue weighted by atomic mass is 9.98. The Balaban J connectivity index is 0.926. The lowest BCUT2D eigenvalue weighted by molar-refractivity contribution is -0.325. The average molecular weight is 1080 g/mol. The molecule has 4 saturated heterocycles. The summed E-state index contributed by atoms with van der Waals surface area (Å²) in [7, 11) is 0. The molecule has 0 saturated carbocycles. The maximum absolute atomic E-state index is 12.9. The largest absolute Gasteiger partial charge is 0.508 e. The number of phenolic OH excluding ortho intramolecular Hbond substituents is 4. The number of fused-ring (bicyclic) bond motifs is 1. The number of benzene rings is 3. The van der Waals surface area contributed by atoms with Crippen molar-refractivity contribution in [1.29, 1.82) is 0 Å². The predicted molar refractivity (Wildman–Crippen MR) is 245 cm³/mol. The van der Waals surface area contributed by atoms with Gasteiger partial charge < -0.3 is 134 Å². The van der Waals surface area contributed by atoms with Gasteiger partial charge in [0.15, 0.2) is 35.7 Å². The van der Waals surface area contributed by atoms with E-state index in [9.17, 15) is 91.6 Å². The minimum absolute atomic E-state index is 0.0920. The smallest absolute Gasteiger partial charge is 0.331 e. The lowest BCUT2D eigenvalue weighted by Gasteiger charge is -2.43. The molecule has 0 aromatic heterocycles. The van der Waals surface area contributed by atoms with Gasteiger partial charge in [0.1, 0.15) is 114 Å². The number of hydrogen-bond donors (Lipinski definition) is 17. The second-order valence-corrected chi connectivity index (χ2v) is 18.4. The Labute approximate surface area is 429 Å². The van der Waals surface area contributed by atoms with E-state index in [1.165, 1.54) is 43.3 Å². The third-order valence-corrected chi connectivity index (χ3v) is 13.1. The number of aromatic hydroxyl groups is 4. The zero-order valence-corrected chi connectivity index (χ0v) is 39.7. The summed E-state index contributed by atoms with van der Waals surface area (Å²) in [5.74, 6) is -4.75. The van der Waals surface area contributed by atoms with Gasteiger partial charge in [-0.25, -0.2) is 4.79 Å². The van der Waals surface area contributed by atoms with Crippen LogP contribution in [0.25, 0.3) is 12.2 Å². The molecule has 5 heterocycles. The van der Waals surface area contributed by atoms with Gasteiger partial charge in [0.2, 0.25) is 18.9 Å². The Hall–Kier alpha value is -5.71. The van der Waals surface area contributed by atoms with Crippen LogP contribution in [0.1, 0.15) is 29.7 Å². The van der Waals surface area contributed by atoms with Gasteiger partial charge in [-0.2, -0.15) is 0 Å². The van der Waals surface area contributed by atoms with E-state index in [1.54, 1.807) is 0 Å². The Bertz CT molecular complexity index is 2520. The van der Waals surface area contributed by atoms with E-state index >= 15 is 0 Å². The monoisotopic (exact) mass is 1080 g/mol. The molecular formula is C48H58O28. The van der Waals surface area contributed by atoms with Crippen LogP contribution in [-0.2, 0) is 38.0 Å². The molecule has 418 valence electrons. The molecule has 3 aromatic carbocycles. The van der Waals surface area contributed by atoms with Crippen LogP contribution in [0, 0.1) is 0 Å². The van der Waals surface area contributed by atoms with Crippen molar-refractivity contribution in [2.75, 3.05) is 19.8 Å². The average Bonchev–Trinajstić information content (AvgIpc) is 3.40. The first kappa shape index (κ1) is 56.5. The molecule has 0 bridgehead atoms.